The van der Waals surface area contributed by atoms with Crippen LogP contribution in [0.2, 0.25) is 0 Å². The molecule has 0 saturated carbocycles. The molecule has 1 unspecified atom stereocenters. The average molecular weight is 216 g/mol. The van der Waals surface area contributed by atoms with Gasteiger partial charge in [0.1, 0.15) is 0 Å². The van der Waals surface area contributed by atoms with Gasteiger partial charge in [-0.15, -0.1) is 0 Å². The maximum Gasteiger partial charge on any atom is 0.0598 e. The van der Waals surface area contributed by atoms with Gasteiger partial charge in [0.25, 0.3) is 0 Å². The molecule has 4 nitrogen and oxygen atoms in total. The molecule has 0 aliphatic rings. The van der Waals surface area contributed by atoms with Crippen molar-refractivity contribution in [1.82, 2.24) is 14.8 Å². The zero-order valence-corrected chi connectivity index (χ0v) is 9.59. The van der Waals surface area contributed by atoms with Crippen molar-refractivity contribution in [3.63, 3.8) is 0 Å². The van der Waals surface area contributed by atoms with Crippen molar-refractivity contribution in [3.05, 3.63) is 47.5 Å². The zero-order valence-electron chi connectivity index (χ0n) is 9.59. The molecule has 1 atom stereocenters. The maximum absolute atomic E-state index is 6.14. The number of aryl methyl sites for hydroxylation is 2. The Morgan fingerprint density at radius 2 is 2.12 bits per heavy atom. The first-order valence-corrected chi connectivity index (χ1v) is 5.41. The van der Waals surface area contributed by atoms with Crippen molar-refractivity contribution in [2.45, 2.75) is 26.4 Å². The van der Waals surface area contributed by atoms with Gasteiger partial charge in [0, 0.05) is 30.2 Å². The van der Waals surface area contributed by atoms with E-state index in [0.29, 0.717) is 0 Å². The summed E-state index contributed by atoms with van der Waals surface area (Å²) in [5.41, 5.74) is 9.18. The molecule has 4 heteroatoms. The molecule has 0 aliphatic heterocycles. The first kappa shape index (κ1) is 10.8. The lowest BCUT2D eigenvalue weighted by molar-refractivity contribution is 0.658. The Kier molecular flexibility index (Phi) is 3.01. The number of hydrogen-bond acceptors (Lipinski definition) is 3. The lowest BCUT2D eigenvalue weighted by atomic mass is 10.0. The van der Waals surface area contributed by atoms with Crippen LogP contribution in [0, 0.1) is 6.92 Å². The maximum atomic E-state index is 6.14. The highest BCUT2D eigenvalue weighted by atomic mass is 15.3. The lowest BCUT2D eigenvalue weighted by Gasteiger charge is -2.09. The Morgan fingerprint density at radius 3 is 2.69 bits per heavy atom. The second kappa shape index (κ2) is 4.45. The smallest absolute Gasteiger partial charge is 0.0598 e. The van der Waals surface area contributed by atoms with Crippen LogP contribution in [0.25, 0.3) is 0 Å². The summed E-state index contributed by atoms with van der Waals surface area (Å²) in [7, 11) is 0. The summed E-state index contributed by atoms with van der Waals surface area (Å²) in [6.45, 7) is 4.87. The zero-order chi connectivity index (χ0) is 11.5. The molecule has 0 aromatic carbocycles. The van der Waals surface area contributed by atoms with E-state index in [1.165, 1.54) is 0 Å². The van der Waals surface area contributed by atoms with Gasteiger partial charge in [0.2, 0.25) is 0 Å². The van der Waals surface area contributed by atoms with Crippen molar-refractivity contribution >= 4 is 0 Å². The van der Waals surface area contributed by atoms with E-state index in [1.807, 2.05) is 42.3 Å². The molecule has 2 N–H and O–H groups in total. The first-order chi connectivity index (χ1) is 7.70. The Labute approximate surface area is 95.1 Å². The van der Waals surface area contributed by atoms with E-state index in [2.05, 4.69) is 17.0 Å². The minimum atomic E-state index is -0.145. The van der Waals surface area contributed by atoms with Gasteiger partial charge in [0.15, 0.2) is 0 Å². The summed E-state index contributed by atoms with van der Waals surface area (Å²) >= 11 is 0. The molecule has 16 heavy (non-hydrogen) atoms. The van der Waals surface area contributed by atoms with Crippen LogP contribution in [-0.4, -0.2) is 14.8 Å². The summed E-state index contributed by atoms with van der Waals surface area (Å²) in [5, 5.41) is 4.22. The summed E-state index contributed by atoms with van der Waals surface area (Å²) in [4.78, 5) is 4.25. The standard InChI is InChI=1S/C12H16N4/c1-3-16-8-11(7-15-16)12(13)10-5-4-9(2)14-6-10/h4-8,12H,3,13H2,1-2H3. The monoisotopic (exact) mass is 216 g/mol. The van der Waals surface area contributed by atoms with Crippen molar-refractivity contribution in [3.8, 4) is 0 Å². The van der Waals surface area contributed by atoms with Crippen LogP contribution in [0.4, 0.5) is 0 Å². The topological polar surface area (TPSA) is 56.7 Å². The van der Waals surface area contributed by atoms with Gasteiger partial charge in [-0.25, -0.2) is 0 Å². The van der Waals surface area contributed by atoms with Gasteiger partial charge >= 0.3 is 0 Å². The SMILES string of the molecule is CCn1cc(C(N)c2ccc(C)nc2)cn1. The second-order valence-electron chi connectivity index (χ2n) is 3.84. The van der Waals surface area contributed by atoms with Gasteiger partial charge < -0.3 is 5.73 Å². The van der Waals surface area contributed by atoms with Crippen LogP contribution < -0.4 is 5.73 Å². The summed E-state index contributed by atoms with van der Waals surface area (Å²) in [6.07, 6.45) is 5.61. The molecular weight excluding hydrogens is 200 g/mol. The molecule has 0 amide bonds. The quantitative estimate of drug-likeness (QED) is 0.848. The predicted molar refractivity (Wildman–Crippen MR) is 62.9 cm³/mol. The normalized spacial score (nSPS) is 12.7. The summed E-state index contributed by atoms with van der Waals surface area (Å²) in [5.74, 6) is 0. The molecule has 2 aromatic heterocycles. The molecule has 2 aromatic rings. The van der Waals surface area contributed by atoms with Crippen molar-refractivity contribution in [1.29, 1.82) is 0 Å². The number of nitrogens with zero attached hydrogens (tertiary/aromatic N) is 3. The third-order valence-electron chi connectivity index (χ3n) is 2.63. The first-order valence-electron chi connectivity index (χ1n) is 5.41. The van der Waals surface area contributed by atoms with Crippen LogP contribution >= 0.6 is 0 Å². The molecule has 0 bridgehead atoms. The molecule has 84 valence electrons. The van der Waals surface area contributed by atoms with Crippen LogP contribution in [0.1, 0.15) is 29.8 Å². The van der Waals surface area contributed by atoms with E-state index in [1.54, 1.807) is 0 Å². The fraction of sp³-hybridized carbons (Fsp3) is 0.333. The minimum absolute atomic E-state index is 0.145. The van der Waals surface area contributed by atoms with E-state index < -0.39 is 0 Å². The van der Waals surface area contributed by atoms with Crippen LogP contribution in [0.15, 0.2) is 30.7 Å². The van der Waals surface area contributed by atoms with E-state index in [9.17, 15) is 0 Å². The molecule has 2 heterocycles. The number of hydrogen-bond donors (Lipinski definition) is 1. The molecule has 0 fully saturated rings. The van der Waals surface area contributed by atoms with Gasteiger partial charge in [-0.2, -0.15) is 5.10 Å². The fourth-order valence-electron chi connectivity index (χ4n) is 1.57. The Hall–Kier alpha value is -1.68. The van der Waals surface area contributed by atoms with Crippen LogP contribution in [0.3, 0.4) is 0 Å². The molecule has 0 spiro atoms. The lowest BCUT2D eigenvalue weighted by Crippen LogP contribution is -2.11. The predicted octanol–water partition coefficient (Wildman–Crippen LogP) is 1.65. The highest BCUT2D eigenvalue weighted by molar-refractivity contribution is 5.27. The molecule has 0 saturated heterocycles. The highest BCUT2D eigenvalue weighted by Crippen LogP contribution is 2.18. The highest BCUT2D eigenvalue weighted by Gasteiger charge is 2.10. The van der Waals surface area contributed by atoms with Crippen LogP contribution in [-0.2, 0) is 6.54 Å². The molecule has 0 radical (unpaired) electrons. The van der Waals surface area contributed by atoms with Crippen LogP contribution in [0.5, 0.6) is 0 Å². The van der Waals surface area contributed by atoms with E-state index in [4.69, 9.17) is 5.73 Å². The van der Waals surface area contributed by atoms with Crippen molar-refractivity contribution in [2.75, 3.05) is 0 Å². The van der Waals surface area contributed by atoms with Gasteiger partial charge in [-0.1, -0.05) is 6.07 Å². The summed E-state index contributed by atoms with van der Waals surface area (Å²) in [6, 6.07) is 3.84. The molecular formula is C12H16N4. The average Bonchev–Trinajstić information content (AvgIpc) is 2.77. The minimum Gasteiger partial charge on any atom is -0.320 e. The third-order valence-corrected chi connectivity index (χ3v) is 2.63. The summed E-state index contributed by atoms with van der Waals surface area (Å²) < 4.78 is 1.87. The van der Waals surface area contributed by atoms with Gasteiger partial charge in [-0.05, 0) is 25.5 Å². The second-order valence-corrected chi connectivity index (χ2v) is 3.84. The Bertz CT molecular complexity index is 458. The van der Waals surface area contributed by atoms with Gasteiger partial charge in [-0.3, -0.25) is 9.67 Å². The van der Waals surface area contributed by atoms with E-state index >= 15 is 0 Å². The fourth-order valence-corrected chi connectivity index (χ4v) is 1.57. The van der Waals surface area contributed by atoms with Gasteiger partial charge in [0.05, 0.1) is 12.2 Å². The number of pyridine rings is 1. The third kappa shape index (κ3) is 2.12. The molecule has 2 rings (SSSR count). The molecule has 0 aliphatic carbocycles. The Balaban J connectivity index is 2.24. The van der Waals surface area contributed by atoms with Crippen molar-refractivity contribution in [2.24, 2.45) is 5.73 Å². The largest absolute Gasteiger partial charge is 0.320 e. The van der Waals surface area contributed by atoms with E-state index in [0.717, 1.165) is 23.4 Å². The van der Waals surface area contributed by atoms with Crippen molar-refractivity contribution < 1.29 is 0 Å². The Morgan fingerprint density at radius 1 is 1.31 bits per heavy atom. The number of aromatic nitrogens is 3. The van der Waals surface area contributed by atoms with E-state index in [-0.39, 0.29) is 6.04 Å². The number of nitrogens with two attached hydrogens (primary N) is 1. The number of rotatable bonds is 3.